The average molecular weight is 841 g/mol. The summed E-state index contributed by atoms with van der Waals surface area (Å²) in [6.07, 6.45) is 0. The molecule has 2 nitrogen and oxygen atoms in total. The molecule has 0 spiro atoms. The number of benzene rings is 11. The molecule has 0 aliphatic rings. The van der Waals surface area contributed by atoms with Crippen LogP contribution in [0.1, 0.15) is 0 Å². The van der Waals surface area contributed by atoms with Gasteiger partial charge in [0.2, 0.25) is 0 Å². The molecule has 0 bridgehead atoms. The van der Waals surface area contributed by atoms with Gasteiger partial charge in [-0.3, -0.25) is 0 Å². The van der Waals surface area contributed by atoms with Gasteiger partial charge >= 0.3 is 0 Å². The Morgan fingerprint density at radius 3 is 1.46 bits per heavy atom. The van der Waals surface area contributed by atoms with Gasteiger partial charge in [0.1, 0.15) is 0 Å². The first-order valence-electron chi connectivity index (χ1n) is 22.2. The Bertz CT molecular complexity index is 4230. The van der Waals surface area contributed by atoms with Gasteiger partial charge in [0.15, 0.2) is 5.82 Å². The van der Waals surface area contributed by atoms with E-state index < -0.39 is 0 Å². The minimum atomic E-state index is 0.702. The minimum absolute atomic E-state index is 0.702. The van der Waals surface area contributed by atoms with Crippen molar-refractivity contribution in [3.05, 3.63) is 218 Å². The highest BCUT2D eigenvalue weighted by atomic mass is 32.1. The Morgan fingerprint density at radius 1 is 0.277 bits per heavy atom. The van der Waals surface area contributed by atoms with Crippen molar-refractivity contribution in [2.24, 2.45) is 0 Å². The molecule has 3 heteroatoms. The van der Waals surface area contributed by atoms with Gasteiger partial charge in [0.05, 0.1) is 11.4 Å². The number of hydrogen-bond acceptors (Lipinski definition) is 3. The van der Waals surface area contributed by atoms with Crippen molar-refractivity contribution in [3.8, 4) is 56.2 Å². The first-order valence-corrected chi connectivity index (χ1v) is 23.0. The summed E-state index contributed by atoms with van der Waals surface area (Å²) in [6.45, 7) is 0. The molecular formula is C62H36N2S. The summed E-state index contributed by atoms with van der Waals surface area (Å²) in [5.41, 5.74) is 9.56. The molecule has 0 saturated carbocycles. The van der Waals surface area contributed by atoms with Crippen molar-refractivity contribution in [3.63, 3.8) is 0 Å². The van der Waals surface area contributed by atoms with E-state index in [9.17, 15) is 0 Å². The number of fused-ring (bicyclic) bond motifs is 5. The van der Waals surface area contributed by atoms with E-state index in [1.54, 1.807) is 0 Å². The molecule has 0 radical (unpaired) electrons. The zero-order valence-electron chi connectivity index (χ0n) is 35.1. The van der Waals surface area contributed by atoms with Gasteiger partial charge in [0, 0.05) is 36.9 Å². The van der Waals surface area contributed by atoms with Crippen LogP contribution < -0.4 is 0 Å². The van der Waals surface area contributed by atoms with Crippen LogP contribution in [0.25, 0.3) is 141 Å². The summed E-state index contributed by atoms with van der Waals surface area (Å²) in [4.78, 5) is 10.5. The van der Waals surface area contributed by atoms with Crippen LogP contribution in [-0.4, -0.2) is 9.97 Å². The van der Waals surface area contributed by atoms with E-state index in [4.69, 9.17) is 9.97 Å². The van der Waals surface area contributed by atoms with E-state index in [0.29, 0.717) is 5.82 Å². The number of rotatable bonds is 5. The van der Waals surface area contributed by atoms with Crippen LogP contribution in [0.5, 0.6) is 0 Å². The van der Waals surface area contributed by atoms with Gasteiger partial charge in [-0.2, -0.15) is 0 Å². The molecule has 0 aliphatic carbocycles. The molecule has 0 amide bonds. The lowest BCUT2D eigenvalue weighted by molar-refractivity contribution is 1.18. The third kappa shape index (κ3) is 5.66. The number of hydrogen-bond donors (Lipinski definition) is 0. The zero-order valence-corrected chi connectivity index (χ0v) is 35.9. The van der Waals surface area contributed by atoms with Crippen molar-refractivity contribution in [1.29, 1.82) is 0 Å². The van der Waals surface area contributed by atoms with E-state index in [-0.39, 0.29) is 0 Å². The highest BCUT2D eigenvalue weighted by molar-refractivity contribution is 7.26. The SMILES string of the molecule is c1ccc(-c2nc(-c3cccc(-c4cc5ccc6cccc7c8cccc9ccc%10cccc(c(c4)c5c67)c%10c98)c3)cc(-c3cccc(-c4cccc5c4sc4ccccc45)c3)n2)cc1. The Labute approximate surface area is 378 Å². The van der Waals surface area contributed by atoms with Gasteiger partial charge in [-0.1, -0.05) is 182 Å². The molecule has 14 rings (SSSR count). The molecule has 65 heavy (non-hydrogen) atoms. The highest BCUT2D eigenvalue weighted by Gasteiger charge is 2.18. The van der Waals surface area contributed by atoms with Gasteiger partial charge in [0.25, 0.3) is 0 Å². The van der Waals surface area contributed by atoms with Gasteiger partial charge in [-0.05, 0) is 123 Å². The fraction of sp³-hybridized carbons (Fsp3) is 0. The van der Waals surface area contributed by atoms with Gasteiger partial charge in [-0.15, -0.1) is 11.3 Å². The van der Waals surface area contributed by atoms with E-state index >= 15 is 0 Å². The molecule has 2 heterocycles. The summed E-state index contributed by atoms with van der Waals surface area (Å²) in [5.74, 6) is 0.702. The van der Waals surface area contributed by atoms with Crippen LogP contribution in [0, 0.1) is 0 Å². The van der Waals surface area contributed by atoms with Crippen molar-refractivity contribution < 1.29 is 0 Å². The first kappa shape index (κ1) is 36.3. The topological polar surface area (TPSA) is 25.8 Å². The molecule has 0 fully saturated rings. The maximum atomic E-state index is 5.29. The lowest BCUT2D eigenvalue weighted by Gasteiger charge is -2.17. The number of nitrogens with zero attached hydrogens (tertiary/aromatic N) is 2. The lowest BCUT2D eigenvalue weighted by atomic mass is 9.86. The second-order valence-corrected chi connectivity index (χ2v) is 18.3. The fourth-order valence-corrected chi connectivity index (χ4v) is 11.8. The first-order chi connectivity index (χ1) is 32.2. The molecule has 300 valence electrons. The second-order valence-electron chi connectivity index (χ2n) is 17.2. The number of thiophene rings is 1. The van der Waals surface area contributed by atoms with Crippen LogP contribution in [0.2, 0.25) is 0 Å². The second kappa shape index (κ2) is 14.1. The van der Waals surface area contributed by atoms with Crippen LogP contribution in [-0.2, 0) is 0 Å². The van der Waals surface area contributed by atoms with Crippen molar-refractivity contribution in [1.82, 2.24) is 9.97 Å². The summed E-state index contributed by atoms with van der Waals surface area (Å²) < 4.78 is 2.61. The van der Waals surface area contributed by atoms with Crippen molar-refractivity contribution in [2.75, 3.05) is 0 Å². The summed E-state index contributed by atoms with van der Waals surface area (Å²) in [6, 6.07) is 79.9. The van der Waals surface area contributed by atoms with Crippen LogP contribution in [0.4, 0.5) is 0 Å². The molecule has 14 aromatic rings. The van der Waals surface area contributed by atoms with Crippen molar-refractivity contribution in [2.45, 2.75) is 0 Å². The predicted molar refractivity (Wildman–Crippen MR) is 278 cm³/mol. The van der Waals surface area contributed by atoms with E-state index in [0.717, 1.165) is 33.6 Å². The molecule has 0 aliphatic heterocycles. The lowest BCUT2D eigenvalue weighted by Crippen LogP contribution is -1.96. The maximum Gasteiger partial charge on any atom is 0.160 e. The summed E-state index contributed by atoms with van der Waals surface area (Å²) in [5, 5.41) is 17.9. The fourth-order valence-electron chi connectivity index (χ4n) is 10.6. The smallest absolute Gasteiger partial charge is 0.160 e. The molecule has 0 unspecified atom stereocenters. The van der Waals surface area contributed by atoms with Crippen molar-refractivity contribution >= 4 is 96.1 Å². The summed E-state index contributed by atoms with van der Waals surface area (Å²) >= 11 is 1.86. The average Bonchev–Trinajstić information content (AvgIpc) is 3.76. The highest BCUT2D eigenvalue weighted by Crippen LogP contribution is 2.45. The van der Waals surface area contributed by atoms with E-state index in [1.807, 2.05) is 17.4 Å². The Balaban J connectivity index is 0.963. The normalized spacial score (nSPS) is 12.0. The standard InChI is InChI=1S/C62H36N2S/c1-2-12-40(13-3-1)62-63-54(36-55(64-62)44-20-7-18-42(33-44)47-22-11-26-52-48-21-4-5-27-56(48)65-61(47)52)43-19-6-17-41(32-43)46-34-45-31-30-39-15-9-24-50-49-23-8-14-37-28-29-38-16-10-25-51(59(38)57(37)49)53(35-46)60(45)58(39)50/h1-36H. The minimum Gasteiger partial charge on any atom is -0.228 e. The molecule has 0 saturated heterocycles. The van der Waals surface area contributed by atoms with Crippen LogP contribution in [0.15, 0.2) is 218 Å². The summed E-state index contributed by atoms with van der Waals surface area (Å²) in [7, 11) is 0. The predicted octanol–water partition coefficient (Wildman–Crippen LogP) is 17.5. The third-order valence-corrected chi connectivity index (χ3v) is 14.8. The molecule has 2 aromatic heterocycles. The van der Waals surface area contributed by atoms with E-state index in [2.05, 4.69) is 212 Å². The van der Waals surface area contributed by atoms with Crippen LogP contribution in [0.3, 0.4) is 0 Å². The molecule has 0 N–H and O–H groups in total. The van der Waals surface area contributed by atoms with E-state index in [1.165, 1.54) is 101 Å². The van der Waals surface area contributed by atoms with Crippen LogP contribution >= 0.6 is 11.3 Å². The third-order valence-electron chi connectivity index (χ3n) is 13.5. The Hall–Kier alpha value is -8.24. The Kier molecular flexibility index (Phi) is 7.89. The molecule has 0 atom stereocenters. The quantitative estimate of drug-likeness (QED) is 0.161. The largest absolute Gasteiger partial charge is 0.228 e. The van der Waals surface area contributed by atoms with Gasteiger partial charge in [-0.25, -0.2) is 9.97 Å². The Morgan fingerprint density at radius 2 is 0.769 bits per heavy atom. The zero-order chi connectivity index (χ0) is 42.6. The monoisotopic (exact) mass is 840 g/mol. The molecular weight excluding hydrogens is 805 g/mol. The van der Waals surface area contributed by atoms with Gasteiger partial charge < -0.3 is 0 Å². The molecule has 12 aromatic carbocycles. The maximum absolute atomic E-state index is 5.29. The number of aromatic nitrogens is 2.